The molecule has 0 bridgehead atoms. The van der Waals surface area contributed by atoms with E-state index in [0.717, 1.165) is 16.7 Å². The average Bonchev–Trinajstić information content (AvgIpc) is 3.60. The van der Waals surface area contributed by atoms with Gasteiger partial charge in [-0.05, 0) is 24.6 Å². The number of carbonyl (C=O) groups excluding carboxylic acids is 1. The van der Waals surface area contributed by atoms with Crippen molar-refractivity contribution in [3.63, 3.8) is 0 Å². The first-order valence-electron chi connectivity index (χ1n) is 12.8. The van der Waals surface area contributed by atoms with Crippen LogP contribution in [0.3, 0.4) is 0 Å². The molecule has 10 heteroatoms. The highest BCUT2D eigenvalue weighted by Gasteiger charge is 2.55. The average molecular weight is 554 g/mol. The zero-order valence-electron chi connectivity index (χ0n) is 21.9. The molecule has 1 aliphatic heterocycles. The molecule has 6 rings (SSSR count). The number of methoxy groups -OCH3 is 1. The Balaban J connectivity index is 1.58. The summed E-state index contributed by atoms with van der Waals surface area (Å²) in [6.07, 6.45) is 2.97. The lowest BCUT2D eigenvalue weighted by molar-refractivity contribution is -0.143. The molecule has 0 amide bonds. The van der Waals surface area contributed by atoms with E-state index in [1.165, 1.54) is 13.4 Å². The molecule has 2 aromatic heterocycles. The van der Waals surface area contributed by atoms with Gasteiger partial charge in [0.15, 0.2) is 15.5 Å². The van der Waals surface area contributed by atoms with Crippen LogP contribution in [0.15, 0.2) is 102 Å². The van der Waals surface area contributed by atoms with Crippen LogP contribution in [0, 0.1) is 6.92 Å². The molecule has 202 valence electrons. The first-order valence-corrected chi connectivity index (χ1v) is 14.4. The van der Waals surface area contributed by atoms with Crippen LogP contribution in [-0.2, 0) is 19.4 Å². The van der Waals surface area contributed by atoms with Crippen molar-refractivity contribution in [1.29, 1.82) is 0 Å². The topological polar surface area (TPSA) is 116 Å². The normalized spacial score (nSPS) is 20.9. The maximum Gasteiger partial charge on any atom is 0.325 e. The molecule has 4 atom stereocenters. The van der Waals surface area contributed by atoms with Crippen LogP contribution >= 0.6 is 0 Å². The van der Waals surface area contributed by atoms with Gasteiger partial charge >= 0.3 is 5.97 Å². The third-order valence-electron chi connectivity index (χ3n) is 7.41. The van der Waals surface area contributed by atoms with E-state index in [-0.39, 0.29) is 4.90 Å². The van der Waals surface area contributed by atoms with Gasteiger partial charge in [-0.2, -0.15) is 0 Å². The number of aromatic nitrogens is 4. The van der Waals surface area contributed by atoms with E-state index in [0.29, 0.717) is 16.9 Å². The molecule has 3 heterocycles. The molecular weight excluding hydrogens is 526 g/mol. The van der Waals surface area contributed by atoms with Crippen molar-refractivity contribution < 1.29 is 17.9 Å². The number of hydrogen-bond acceptors (Lipinski definition) is 8. The zero-order chi connectivity index (χ0) is 27.9. The summed E-state index contributed by atoms with van der Waals surface area (Å²) in [5, 5.41) is 2.21. The van der Waals surface area contributed by atoms with Crippen molar-refractivity contribution >= 4 is 27.0 Å². The maximum absolute atomic E-state index is 14.5. The summed E-state index contributed by atoms with van der Waals surface area (Å²) in [5.41, 5.74) is 4.07. The van der Waals surface area contributed by atoms with E-state index in [1.807, 2.05) is 67.6 Å². The molecule has 0 spiro atoms. The predicted molar refractivity (Wildman–Crippen MR) is 150 cm³/mol. The lowest BCUT2D eigenvalue weighted by Crippen LogP contribution is -2.40. The van der Waals surface area contributed by atoms with Gasteiger partial charge in [-0.15, -0.1) is 0 Å². The third-order valence-corrected chi connectivity index (χ3v) is 9.61. The molecule has 0 saturated carbocycles. The molecule has 1 N–H and O–H groups in total. The number of nitrogens with one attached hydrogen (secondary N) is 1. The van der Waals surface area contributed by atoms with Crippen LogP contribution in [0.2, 0.25) is 0 Å². The van der Waals surface area contributed by atoms with Crippen molar-refractivity contribution in [2.24, 2.45) is 0 Å². The summed E-state index contributed by atoms with van der Waals surface area (Å²) < 4.78 is 35.8. The molecule has 3 aromatic carbocycles. The van der Waals surface area contributed by atoms with E-state index in [2.05, 4.69) is 20.3 Å². The number of carbonyl (C=O) groups is 1. The van der Waals surface area contributed by atoms with Crippen molar-refractivity contribution in [2.45, 2.75) is 35.2 Å². The van der Waals surface area contributed by atoms with Crippen LogP contribution in [0.25, 0.3) is 22.4 Å². The minimum absolute atomic E-state index is 0.172. The molecule has 0 unspecified atom stereocenters. The van der Waals surface area contributed by atoms with E-state index in [9.17, 15) is 13.2 Å². The third kappa shape index (κ3) is 4.35. The molecule has 1 aliphatic rings. The molecule has 1 fully saturated rings. The second-order valence-electron chi connectivity index (χ2n) is 9.78. The number of hydrogen-bond donors (Lipinski definition) is 1. The lowest BCUT2D eigenvalue weighted by atomic mass is 10.0. The molecule has 1 saturated heterocycles. The SMILES string of the molecule is COC(=O)[C@@H]1N[C@H](c2ccccc2)[C@@H](S(=O)(=O)c2ccc(C)cc2)[C@@H]1n1cnc2c(-c3ccccc3)ncnc21. The van der Waals surface area contributed by atoms with Gasteiger partial charge in [0.2, 0.25) is 0 Å². The number of imidazole rings is 1. The molecule has 0 radical (unpaired) electrons. The van der Waals surface area contributed by atoms with Gasteiger partial charge < -0.3 is 9.30 Å². The number of nitrogens with zero attached hydrogens (tertiary/aromatic N) is 4. The second kappa shape index (κ2) is 10.3. The highest BCUT2D eigenvalue weighted by molar-refractivity contribution is 7.92. The standard InChI is InChI=1S/C30H27N5O4S/c1-19-13-15-22(16-14-19)40(37,38)28-24(21-11-7-4-8-12-21)34-26(30(36)39-2)27(28)35-18-33-25-23(31-17-32-29(25)35)20-9-5-3-6-10-20/h3-18,24,26-28,34H,1-2H3/t24-,26-,27-,28-/m1/s1. The van der Waals surface area contributed by atoms with E-state index >= 15 is 0 Å². The molecule has 9 nitrogen and oxygen atoms in total. The minimum atomic E-state index is -4.00. The van der Waals surface area contributed by atoms with E-state index in [1.54, 1.807) is 35.2 Å². The Hall–Kier alpha value is -4.41. The fraction of sp³-hybridized carbons (Fsp3) is 0.200. The van der Waals surface area contributed by atoms with Crippen LogP contribution in [-0.4, -0.2) is 52.3 Å². The quantitative estimate of drug-likeness (QED) is 0.313. The van der Waals surface area contributed by atoms with E-state index in [4.69, 9.17) is 4.74 Å². The fourth-order valence-corrected chi connectivity index (χ4v) is 7.58. The fourth-order valence-electron chi connectivity index (χ4n) is 5.50. The Morgan fingerprint density at radius 3 is 2.25 bits per heavy atom. The summed E-state index contributed by atoms with van der Waals surface area (Å²) in [6, 6.07) is 23.0. The van der Waals surface area contributed by atoms with Gasteiger partial charge in [0, 0.05) is 5.56 Å². The largest absolute Gasteiger partial charge is 0.468 e. The monoisotopic (exact) mass is 553 g/mol. The zero-order valence-corrected chi connectivity index (χ0v) is 22.7. The molecule has 0 aliphatic carbocycles. The van der Waals surface area contributed by atoms with Crippen molar-refractivity contribution in [2.75, 3.05) is 7.11 Å². The summed E-state index contributed by atoms with van der Waals surface area (Å²) in [7, 11) is -2.70. The Morgan fingerprint density at radius 2 is 1.57 bits per heavy atom. The van der Waals surface area contributed by atoms with E-state index < -0.39 is 39.2 Å². The number of sulfone groups is 1. The Bertz CT molecular complexity index is 1770. The van der Waals surface area contributed by atoms with Crippen LogP contribution in [0.1, 0.15) is 23.2 Å². The summed E-state index contributed by atoms with van der Waals surface area (Å²) in [4.78, 5) is 27.0. The Morgan fingerprint density at radius 1 is 0.900 bits per heavy atom. The Kier molecular flexibility index (Phi) is 6.65. The number of ether oxygens (including phenoxy) is 1. The molecule has 40 heavy (non-hydrogen) atoms. The summed E-state index contributed by atoms with van der Waals surface area (Å²) in [5.74, 6) is -0.577. The predicted octanol–water partition coefficient (Wildman–Crippen LogP) is 4.07. The Labute approximate surface area is 231 Å². The van der Waals surface area contributed by atoms with Crippen molar-refractivity contribution in [3.05, 3.63) is 109 Å². The number of aryl methyl sites for hydroxylation is 1. The van der Waals surface area contributed by atoms with Gasteiger partial charge in [-0.1, -0.05) is 78.4 Å². The van der Waals surface area contributed by atoms with Crippen molar-refractivity contribution in [1.82, 2.24) is 24.8 Å². The van der Waals surface area contributed by atoms with Gasteiger partial charge in [0.05, 0.1) is 30.4 Å². The van der Waals surface area contributed by atoms with Gasteiger partial charge in [-0.3, -0.25) is 10.1 Å². The summed E-state index contributed by atoms with van der Waals surface area (Å²) >= 11 is 0. The number of benzene rings is 3. The van der Waals surface area contributed by atoms with Crippen molar-refractivity contribution in [3.8, 4) is 11.3 Å². The van der Waals surface area contributed by atoms with Gasteiger partial charge in [-0.25, -0.2) is 23.4 Å². The first kappa shape index (κ1) is 25.8. The van der Waals surface area contributed by atoms with Gasteiger partial charge in [0.25, 0.3) is 0 Å². The number of fused-ring (bicyclic) bond motifs is 1. The molecule has 5 aromatic rings. The summed E-state index contributed by atoms with van der Waals surface area (Å²) in [6.45, 7) is 1.90. The maximum atomic E-state index is 14.5. The lowest BCUT2D eigenvalue weighted by Gasteiger charge is -2.26. The van der Waals surface area contributed by atoms with Gasteiger partial charge in [0.1, 0.15) is 28.8 Å². The van der Waals surface area contributed by atoms with Crippen LogP contribution < -0.4 is 5.32 Å². The highest BCUT2D eigenvalue weighted by Crippen LogP contribution is 2.43. The first-order chi connectivity index (χ1) is 19.4. The van der Waals surface area contributed by atoms with Crippen LogP contribution in [0.4, 0.5) is 0 Å². The minimum Gasteiger partial charge on any atom is -0.468 e. The van der Waals surface area contributed by atoms with Crippen LogP contribution in [0.5, 0.6) is 0 Å². The number of esters is 1. The smallest absolute Gasteiger partial charge is 0.325 e. The molecular formula is C30H27N5O4S. The highest BCUT2D eigenvalue weighted by atomic mass is 32.2. The number of rotatable bonds is 6. The second-order valence-corrected chi connectivity index (χ2v) is 11.9.